The summed E-state index contributed by atoms with van der Waals surface area (Å²) in [5.74, 6) is 0. The van der Waals surface area contributed by atoms with Gasteiger partial charge in [0.2, 0.25) is 0 Å². The molecule has 0 fully saturated rings. The first-order chi connectivity index (χ1) is 4.56. The Bertz CT molecular complexity index is 73.9. The maximum absolute atomic E-state index is 5.88. The molecule has 12 heavy (non-hydrogen) atoms. The summed E-state index contributed by atoms with van der Waals surface area (Å²) in [6.45, 7) is 6.11. The van der Waals surface area contributed by atoms with Gasteiger partial charge in [-0.15, -0.1) is 0 Å². The summed E-state index contributed by atoms with van der Waals surface area (Å²) in [7, 11) is 8.14. The molecule has 0 unspecified atom stereocenters. The number of aliphatic imine (C=N–C) groups is 1. The molecule has 0 aliphatic rings. The van der Waals surface area contributed by atoms with Gasteiger partial charge >= 0.3 is 0 Å². The van der Waals surface area contributed by atoms with Crippen LogP contribution in [0.1, 0.15) is 0 Å². The molecular formula is C6H15N4Y2-3. The predicted octanol–water partition coefficient (Wildman–Crippen LogP) is 1.64. The first kappa shape index (κ1) is 29.2. The zero-order valence-electron chi connectivity index (χ0n) is 7.58. The molecule has 0 aliphatic heterocycles. The molecule has 2 N–H and O–H groups in total. The van der Waals surface area contributed by atoms with Crippen LogP contribution in [0.3, 0.4) is 0 Å². The molecule has 0 aromatic carbocycles. The van der Waals surface area contributed by atoms with Gasteiger partial charge in [-0.05, 0) is 13.8 Å². The van der Waals surface area contributed by atoms with Crippen molar-refractivity contribution in [2.24, 2.45) is 4.99 Å². The molecule has 0 spiro atoms. The average molecular weight is 321 g/mol. The fraction of sp³-hybridized carbons (Fsp3) is 0.333. The van der Waals surface area contributed by atoms with E-state index in [1.807, 2.05) is 0 Å². The Morgan fingerprint density at radius 1 is 1.42 bits per heavy atom. The third-order valence-corrected chi connectivity index (χ3v) is 0. The number of rotatable bonds is 0. The zero-order chi connectivity index (χ0) is 8.99. The Balaban J connectivity index is -0.0000000191. The van der Waals surface area contributed by atoms with Gasteiger partial charge in [0.05, 0.1) is 0 Å². The van der Waals surface area contributed by atoms with Crippen LogP contribution in [-0.2, 0) is 65.4 Å². The SMILES string of the molecule is C=N[CH2-].C=[N+]([CH2-])C.[NH-]C[NH-].[Y].[Y]. The molecule has 2 radical (unpaired) electrons. The van der Waals surface area contributed by atoms with Crippen molar-refractivity contribution < 1.29 is 70.0 Å². The quantitative estimate of drug-likeness (QED) is 0.370. The topological polar surface area (TPSA) is 63.0 Å². The summed E-state index contributed by atoms with van der Waals surface area (Å²) in [6, 6.07) is 0. The molecule has 0 aromatic rings. The van der Waals surface area contributed by atoms with Crippen LogP contribution in [0.25, 0.3) is 11.5 Å². The predicted molar refractivity (Wildman–Crippen MR) is 47.1 cm³/mol. The maximum atomic E-state index is 5.88. The molecule has 0 aliphatic carbocycles. The number of hydrogen-bond acceptors (Lipinski definition) is 1. The first-order valence-corrected chi connectivity index (χ1v) is 2.42. The molecule has 0 bridgehead atoms. The van der Waals surface area contributed by atoms with Gasteiger partial charge in [-0.3, -0.25) is 6.67 Å². The molecule has 0 atom stereocenters. The van der Waals surface area contributed by atoms with Crippen LogP contribution in [0.5, 0.6) is 0 Å². The molecule has 0 saturated carbocycles. The maximum Gasteiger partial charge on any atom is 0.104 e. The second-order valence-corrected chi connectivity index (χ2v) is 1.26. The van der Waals surface area contributed by atoms with E-state index < -0.39 is 0 Å². The Kier molecular flexibility index (Phi) is 96.9. The van der Waals surface area contributed by atoms with Crippen molar-refractivity contribution >= 4 is 13.4 Å². The molecule has 0 aromatic heterocycles. The fourth-order valence-corrected chi connectivity index (χ4v) is 0. The minimum absolute atomic E-state index is 0. The Labute approximate surface area is 126 Å². The van der Waals surface area contributed by atoms with Crippen molar-refractivity contribution in [2.75, 3.05) is 13.7 Å². The number of nitrogens with zero attached hydrogens (tertiary/aromatic N) is 2. The van der Waals surface area contributed by atoms with Crippen LogP contribution in [0.2, 0.25) is 0 Å². The molecule has 0 amide bonds. The van der Waals surface area contributed by atoms with Gasteiger partial charge in [-0.25, -0.2) is 0 Å². The monoisotopic (exact) mass is 321 g/mol. The van der Waals surface area contributed by atoms with E-state index in [4.69, 9.17) is 11.5 Å². The van der Waals surface area contributed by atoms with Gasteiger partial charge in [0.15, 0.2) is 0 Å². The van der Waals surface area contributed by atoms with Gasteiger partial charge in [0.1, 0.15) is 7.05 Å². The Morgan fingerprint density at radius 3 is 1.42 bits per heavy atom. The molecule has 0 rings (SSSR count). The molecule has 0 saturated heterocycles. The van der Waals surface area contributed by atoms with Crippen LogP contribution < -0.4 is 0 Å². The minimum Gasteiger partial charge on any atom is -0.696 e. The number of hydrogen-bond donors (Lipinski definition) is 0. The van der Waals surface area contributed by atoms with Gasteiger partial charge in [0.25, 0.3) is 0 Å². The van der Waals surface area contributed by atoms with E-state index in [2.05, 4.69) is 32.5 Å². The van der Waals surface area contributed by atoms with Gasteiger partial charge in [-0.2, -0.15) is 13.8 Å². The zero-order valence-corrected chi connectivity index (χ0v) is 13.3. The van der Waals surface area contributed by atoms with Crippen molar-refractivity contribution in [3.63, 3.8) is 0 Å². The van der Waals surface area contributed by atoms with Crippen LogP contribution in [0.15, 0.2) is 4.99 Å². The van der Waals surface area contributed by atoms with Crippen LogP contribution in [0.4, 0.5) is 0 Å². The fourth-order valence-electron chi connectivity index (χ4n) is 0. The Morgan fingerprint density at radius 2 is 1.42 bits per heavy atom. The van der Waals surface area contributed by atoms with E-state index in [1.54, 1.807) is 7.05 Å². The molecular weight excluding hydrogens is 306 g/mol. The third-order valence-electron chi connectivity index (χ3n) is 0. The summed E-state index contributed by atoms with van der Waals surface area (Å²) in [5.41, 5.74) is 11.8. The van der Waals surface area contributed by atoms with Crippen LogP contribution in [0, 0.1) is 14.1 Å². The van der Waals surface area contributed by atoms with Gasteiger partial charge < -0.3 is 21.0 Å². The van der Waals surface area contributed by atoms with Gasteiger partial charge in [-0.1, -0.05) is 0 Å². The van der Waals surface area contributed by atoms with E-state index >= 15 is 0 Å². The molecule has 68 valence electrons. The van der Waals surface area contributed by atoms with E-state index in [0.29, 0.717) is 0 Å². The molecule has 4 nitrogen and oxygen atoms in total. The number of nitrogens with one attached hydrogen (secondary N) is 2. The second-order valence-electron chi connectivity index (χ2n) is 1.26. The second kappa shape index (κ2) is 39.8. The van der Waals surface area contributed by atoms with Gasteiger partial charge in [0, 0.05) is 65.4 Å². The normalized spacial score (nSPS) is 4.58. The summed E-state index contributed by atoms with van der Waals surface area (Å²) < 4.78 is 1.50. The van der Waals surface area contributed by atoms with Crippen molar-refractivity contribution in [1.29, 1.82) is 0 Å². The molecule has 6 heteroatoms. The van der Waals surface area contributed by atoms with Crippen molar-refractivity contribution in [2.45, 2.75) is 0 Å². The summed E-state index contributed by atoms with van der Waals surface area (Å²) in [4.78, 5) is 3.00. The van der Waals surface area contributed by atoms with Crippen molar-refractivity contribution in [1.82, 2.24) is 0 Å². The summed E-state index contributed by atoms with van der Waals surface area (Å²) >= 11 is 0. The molecule has 0 heterocycles. The van der Waals surface area contributed by atoms with Crippen LogP contribution >= 0.6 is 0 Å². The standard InChI is InChI=1S/C3H7N.C2H4N.CH4N2.2Y/c1-4(2)3;1-3-2;2-1-3;;/h1-2H2,3H3;1-2H2;2-3H,1H2;;/q;-1;-2;;. The van der Waals surface area contributed by atoms with E-state index in [-0.39, 0.29) is 72.1 Å². The Hall–Kier alpha value is 1.21. The smallest absolute Gasteiger partial charge is 0.104 e. The van der Waals surface area contributed by atoms with Crippen molar-refractivity contribution in [3.05, 3.63) is 25.6 Å². The average Bonchev–Trinajstić information content (AvgIpc) is 1.65. The minimum atomic E-state index is -0.250. The van der Waals surface area contributed by atoms with E-state index in [1.165, 1.54) is 4.58 Å². The van der Waals surface area contributed by atoms with Crippen molar-refractivity contribution in [3.8, 4) is 0 Å². The summed E-state index contributed by atoms with van der Waals surface area (Å²) in [5, 5.41) is 0. The first-order valence-electron chi connectivity index (χ1n) is 2.42. The summed E-state index contributed by atoms with van der Waals surface area (Å²) in [6.07, 6.45) is 0. The largest absolute Gasteiger partial charge is 0.696 e. The van der Waals surface area contributed by atoms with E-state index in [9.17, 15) is 0 Å². The van der Waals surface area contributed by atoms with Crippen LogP contribution in [-0.4, -0.2) is 31.7 Å². The third kappa shape index (κ3) is 801. The van der Waals surface area contributed by atoms with E-state index in [0.717, 1.165) is 0 Å².